The molecular weight excluding hydrogens is 316 g/mol. The molecule has 1 spiro atoms. The van der Waals surface area contributed by atoms with Gasteiger partial charge in [-0.2, -0.15) is 0 Å². The number of rotatable bonds is 4. The maximum absolute atomic E-state index is 12.4. The molecule has 25 heavy (non-hydrogen) atoms. The Kier molecular flexibility index (Phi) is 3.87. The Labute approximate surface area is 147 Å². The summed E-state index contributed by atoms with van der Waals surface area (Å²) in [4.78, 5) is 21.2. The number of carbonyl (C=O) groups is 1. The lowest BCUT2D eigenvalue weighted by Crippen LogP contribution is -2.57. The molecule has 2 saturated carbocycles. The molecule has 2 aliphatic rings. The lowest BCUT2D eigenvalue weighted by atomic mass is 9.52. The molecule has 0 aromatic carbocycles. The van der Waals surface area contributed by atoms with Crippen LogP contribution in [0.2, 0.25) is 0 Å². The van der Waals surface area contributed by atoms with E-state index in [9.17, 15) is 4.79 Å². The van der Waals surface area contributed by atoms with E-state index in [4.69, 9.17) is 10.5 Å². The normalized spacial score (nSPS) is 27.6. The number of aromatic nitrogens is 2. The van der Waals surface area contributed by atoms with Crippen molar-refractivity contribution in [2.45, 2.75) is 51.6 Å². The standard InChI is InChI=1S/C19H24N4O2/c1-3-25-18(24)15-10-21-17-14(5-4-11(2)22-17)16(15)23-13-8-19(9-13)6-12(20)7-19/h4-5,10,12-13H,3,6-9,20H2,1-2H3,(H,21,22,23). The van der Waals surface area contributed by atoms with Crippen LogP contribution in [-0.2, 0) is 4.74 Å². The molecule has 3 N–H and O–H groups in total. The fourth-order valence-corrected chi connectivity index (χ4v) is 4.37. The molecule has 0 amide bonds. The van der Waals surface area contributed by atoms with Crippen LogP contribution >= 0.6 is 0 Å². The average molecular weight is 340 g/mol. The minimum atomic E-state index is -0.348. The van der Waals surface area contributed by atoms with Crippen LogP contribution in [0, 0.1) is 12.3 Å². The van der Waals surface area contributed by atoms with Crippen LogP contribution in [0.3, 0.4) is 0 Å². The number of nitrogens with zero attached hydrogens (tertiary/aromatic N) is 2. The van der Waals surface area contributed by atoms with Crippen molar-refractivity contribution in [1.82, 2.24) is 9.97 Å². The highest BCUT2D eigenvalue weighted by atomic mass is 16.5. The number of anilines is 1. The van der Waals surface area contributed by atoms with Crippen molar-refractivity contribution in [2.75, 3.05) is 11.9 Å². The van der Waals surface area contributed by atoms with Gasteiger partial charge < -0.3 is 15.8 Å². The van der Waals surface area contributed by atoms with Crippen LogP contribution in [0.1, 0.15) is 48.7 Å². The van der Waals surface area contributed by atoms with E-state index in [1.165, 1.54) is 0 Å². The van der Waals surface area contributed by atoms with Crippen molar-refractivity contribution < 1.29 is 9.53 Å². The summed E-state index contributed by atoms with van der Waals surface area (Å²) < 4.78 is 5.21. The first-order valence-electron chi connectivity index (χ1n) is 8.95. The topological polar surface area (TPSA) is 90.1 Å². The second-order valence-corrected chi connectivity index (χ2v) is 7.51. The van der Waals surface area contributed by atoms with Gasteiger partial charge in [0.15, 0.2) is 5.65 Å². The minimum Gasteiger partial charge on any atom is -0.462 e. The molecule has 0 radical (unpaired) electrons. The largest absolute Gasteiger partial charge is 0.462 e. The van der Waals surface area contributed by atoms with Gasteiger partial charge >= 0.3 is 5.97 Å². The number of hydrogen-bond donors (Lipinski definition) is 2. The van der Waals surface area contributed by atoms with Gasteiger partial charge in [-0.05, 0) is 57.1 Å². The van der Waals surface area contributed by atoms with Gasteiger partial charge in [0.1, 0.15) is 5.56 Å². The van der Waals surface area contributed by atoms with Gasteiger partial charge in [0.05, 0.1) is 12.3 Å². The zero-order valence-electron chi connectivity index (χ0n) is 14.7. The Bertz CT molecular complexity index is 822. The molecule has 0 unspecified atom stereocenters. The van der Waals surface area contributed by atoms with Gasteiger partial charge in [0, 0.05) is 29.4 Å². The molecule has 0 aliphatic heterocycles. The Morgan fingerprint density at radius 2 is 2.12 bits per heavy atom. The Hall–Kier alpha value is -2.21. The van der Waals surface area contributed by atoms with Gasteiger partial charge in [-0.25, -0.2) is 14.8 Å². The number of ether oxygens (including phenoxy) is 1. The summed E-state index contributed by atoms with van der Waals surface area (Å²) in [7, 11) is 0. The van der Waals surface area contributed by atoms with Gasteiger partial charge in [-0.3, -0.25) is 0 Å². The van der Waals surface area contributed by atoms with Crippen molar-refractivity contribution >= 4 is 22.7 Å². The van der Waals surface area contributed by atoms with Gasteiger partial charge in [-0.1, -0.05) is 0 Å². The van der Waals surface area contributed by atoms with Crippen LogP contribution in [0.5, 0.6) is 0 Å². The van der Waals surface area contributed by atoms with E-state index in [0.717, 1.165) is 42.5 Å². The third-order valence-corrected chi connectivity index (χ3v) is 5.46. The highest BCUT2D eigenvalue weighted by Gasteiger charge is 2.51. The monoisotopic (exact) mass is 340 g/mol. The zero-order chi connectivity index (χ0) is 17.6. The molecule has 6 heteroatoms. The first kappa shape index (κ1) is 16.3. The number of esters is 1. The summed E-state index contributed by atoms with van der Waals surface area (Å²) in [5, 5.41) is 4.43. The quantitative estimate of drug-likeness (QED) is 0.832. The molecule has 0 saturated heterocycles. The number of fused-ring (bicyclic) bond motifs is 1. The number of pyridine rings is 2. The fraction of sp³-hybridized carbons (Fsp3) is 0.526. The highest BCUT2D eigenvalue weighted by Crippen LogP contribution is 2.56. The van der Waals surface area contributed by atoms with Gasteiger partial charge in [0.25, 0.3) is 0 Å². The summed E-state index contributed by atoms with van der Waals surface area (Å²) in [5.74, 6) is -0.348. The second kappa shape index (κ2) is 5.95. The Morgan fingerprint density at radius 3 is 2.80 bits per heavy atom. The molecular formula is C19H24N4O2. The molecule has 2 aromatic heterocycles. The molecule has 4 rings (SSSR count). The predicted molar refractivity (Wildman–Crippen MR) is 96.5 cm³/mol. The average Bonchev–Trinajstić information content (AvgIpc) is 2.51. The summed E-state index contributed by atoms with van der Waals surface area (Å²) in [6.07, 6.45) is 6.02. The SMILES string of the molecule is CCOC(=O)c1cnc2nc(C)ccc2c1NC1CC2(CC(N)C2)C1. The lowest BCUT2D eigenvalue weighted by Gasteiger charge is -2.57. The maximum atomic E-state index is 12.4. The fourth-order valence-electron chi connectivity index (χ4n) is 4.37. The highest BCUT2D eigenvalue weighted by molar-refractivity contribution is 6.04. The smallest absolute Gasteiger partial charge is 0.341 e. The number of nitrogens with two attached hydrogens (primary N) is 1. The number of aryl methyl sites for hydroxylation is 1. The first-order chi connectivity index (χ1) is 12.0. The Balaban J connectivity index is 1.64. The van der Waals surface area contributed by atoms with Crippen molar-refractivity contribution in [3.05, 3.63) is 29.6 Å². The van der Waals surface area contributed by atoms with Crippen molar-refractivity contribution in [1.29, 1.82) is 0 Å². The van der Waals surface area contributed by atoms with Crippen LogP contribution in [0.4, 0.5) is 5.69 Å². The first-order valence-corrected chi connectivity index (χ1v) is 8.95. The zero-order valence-corrected chi connectivity index (χ0v) is 14.7. The summed E-state index contributed by atoms with van der Waals surface area (Å²) in [6, 6.07) is 4.64. The van der Waals surface area contributed by atoms with Gasteiger partial charge in [0.2, 0.25) is 0 Å². The van der Waals surface area contributed by atoms with Crippen molar-refractivity contribution in [2.24, 2.45) is 11.1 Å². The molecule has 0 atom stereocenters. The van der Waals surface area contributed by atoms with Gasteiger partial charge in [-0.15, -0.1) is 0 Å². The minimum absolute atomic E-state index is 0.340. The third-order valence-electron chi connectivity index (χ3n) is 5.46. The number of carbonyl (C=O) groups excluding carboxylic acids is 1. The second-order valence-electron chi connectivity index (χ2n) is 7.51. The van der Waals surface area contributed by atoms with Crippen molar-refractivity contribution in [3.63, 3.8) is 0 Å². The summed E-state index contributed by atoms with van der Waals surface area (Å²) in [5.41, 5.74) is 9.20. The van der Waals surface area contributed by atoms with E-state index >= 15 is 0 Å². The van der Waals surface area contributed by atoms with Crippen LogP contribution in [-0.4, -0.2) is 34.6 Å². The molecule has 6 nitrogen and oxygen atoms in total. The van der Waals surface area contributed by atoms with E-state index in [1.807, 2.05) is 19.1 Å². The van der Waals surface area contributed by atoms with Crippen LogP contribution in [0.25, 0.3) is 11.0 Å². The summed E-state index contributed by atoms with van der Waals surface area (Å²) in [6.45, 7) is 4.08. The molecule has 2 heterocycles. The summed E-state index contributed by atoms with van der Waals surface area (Å²) >= 11 is 0. The lowest BCUT2D eigenvalue weighted by molar-refractivity contribution is 0.00122. The molecule has 2 aromatic rings. The van der Waals surface area contributed by atoms with E-state index in [1.54, 1.807) is 13.1 Å². The van der Waals surface area contributed by atoms with Crippen molar-refractivity contribution in [3.8, 4) is 0 Å². The Morgan fingerprint density at radius 1 is 1.36 bits per heavy atom. The number of nitrogens with one attached hydrogen (secondary N) is 1. The predicted octanol–water partition coefficient (Wildman–Crippen LogP) is 2.80. The third kappa shape index (κ3) is 2.84. The maximum Gasteiger partial charge on any atom is 0.341 e. The van der Waals surface area contributed by atoms with Crippen LogP contribution in [0.15, 0.2) is 18.3 Å². The molecule has 2 fully saturated rings. The van der Waals surface area contributed by atoms with E-state index in [2.05, 4.69) is 15.3 Å². The van der Waals surface area contributed by atoms with Crippen LogP contribution < -0.4 is 11.1 Å². The molecule has 132 valence electrons. The molecule has 2 aliphatic carbocycles. The number of hydrogen-bond acceptors (Lipinski definition) is 6. The van der Waals surface area contributed by atoms with E-state index < -0.39 is 0 Å². The van der Waals surface area contributed by atoms with E-state index in [-0.39, 0.29) is 5.97 Å². The molecule has 0 bridgehead atoms. The van der Waals surface area contributed by atoms with E-state index in [0.29, 0.717) is 35.3 Å².